The Labute approximate surface area is 133 Å². The molecule has 4 rings (SSSR count). The molecule has 104 valence electrons. The molecule has 0 saturated carbocycles. The summed E-state index contributed by atoms with van der Waals surface area (Å²) < 4.78 is 8.14. The van der Waals surface area contributed by atoms with E-state index in [9.17, 15) is 0 Å². The number of halogens is 1. The van der Waals surface area contributed by atoms with Crippen LogP contribution < -0.4 is 4.74 Å². The fraction of sp³-hybridized carbons (Fsp3) is 0.0714. The van der Waals surface area contributed by atoms with Crippen molar-refractivity contribution in [3.05, 3.63) is 40.1 Å². The number of hydrogen-bond donors (Lipinski definition) is 0. The molecule has 0 amide bonds. The van der Waals surface area contributed by atoms with Crippen LogP contribution in [0, 0.1) is 6.92 Å². The maximum Gasteiger partial charge on any atom is 0.223 e. The van der Waals surface area contributed by atoms with Gasteiger partial charge in [0.2, 0.25) is 5.88 Å². The highest BCUT2D eigenvalue weighted by Crippen LogP contribution is 2.40. The molecule has 0 aliphatic carbocycles. The number of fused-ring (bicyclic) bond motifs is 3. The third-order valence-corrected chi connectivity index (χ3v) is 5.04. The molecule has 0 radical (unpaired) electrons. The summed E-state index contributed by atoms with van der Waals surface area (Å²) in [6, 6.07) is 5.64. The van der Waals surface area contributed by atoms with E-state index in [2.05, 4.69) is 15.0 Å². The molecule has 0 N–H and O–H groups in total. The first kappa shape index (κ1) is 12.9. The zero-order valence-corrected chi connectivity index (χ0v) is 13.2. The first-order valence-electron chi connectivity index (χ1n) is 6.13. The van der Waals surface area contributed by atoms with Gasteiger partial charge in [0.25, 0.3) is 0 Å². The zero-order valence-electron chi connectivity index (χ0n) is 10.8. The molecule has 3 aromatic heterocycles. The molecule has 0 bridgehead atoms. The van der Waals surface area contributed by atoms with Crippen molar-refractivity contribution in [3.8, 4) is 11.6 Å². The smallest absolute Gasteiger partial charge is 0.223 e. The van der Waals surface area contributed by atoms with Gasteiger partial charge in [-0.1, -0.05) is 11.6 Å². The lowest BCUT2D eigenvalue weighted by Gasteiger charge is -2.06. The first-order chi connectivity index (χ1) is 10.2. The van der Waals surface area contributed by atoms with Gasteiger partial charge < -0.3 is 4.74 Å². The molecular formula is C14H8ClN3OS2. The van der Waals surface area contributed by atoms with E-state index in [4.69, 9.17) is 16.3 Å². The van der Waals surface area contributed by atoms with Gasteiger partial charge in [-0.3, -0.25) is 0 Å². The summed E-state index contributed by atoms with van der Waals surface area (Å²) in [5.41, 5.74) is 1.04. The molecule has 1 aromatic carbocycles. The SMILES string of the molecule is Cc1nc2c(cc(Oc3cc(Cl)ncn3)c3ccsc32)s1. The number of rotatable bonds is 2. The van der Waals surface area contributed by atoms with Gasteiger partial charge in [-0.25, -0.2) is 15.0 Å². The van der Waals surface area contributed by atoms with Gasteiger partial charge in [-0.2, -0.15) is 0 Å². The highest BCUT2D eigenvalue weighted by atomic mass is 35.5. The predicted molar refractivity (Wildman–Crippen MR) is 86.9 cm³/mol. The van der Waals surface area contributed by atoms with Crippen LogP contribution in [-0.2, 0) is 0 Å². The van der Waals surface area contributed by atoms with Crippen molar-refractivity contribution >= 4 is 54.6 Å². The monoisotopic (exact) mass is 333 g/mol. The van der Waals surface area contributed by atoms with Crippen LogP contribution in [0.4, 0.5) is 0 Å². The van der Waals surface area contributed by atoms with Gasteiger partial charge in [-0.15, -0.1) is 22.7 Å². The highest BCUT2D eigenvalue weighted by Gasteiger charge is 2.13. The quantitative estimate of drug-likeness (QED) is 0.481. The Morgan fingerprint density at radius 2 is 2.14 bits per heavy atom. The number of nitrogens with zero attached hydrogens (tertiary/aromatic N) is 3. The molecule has 0 unspecified atom stereocenters. The molecule has 3 heterocycles. The van der Waals surface area contributed by atoms with E-state index in [1.165, 1.54) is 6.33 Å². The Morgan fingerprint density at radius 1 is 1.24 bits per heavy atom. The lowest BCUT2D eigenvalue weighted by molar-refractivity contribution is 0.467. The number of ether oxygens (including phenoxy) is 1. The van der Waals surface area contributed by atoms with Crippen LogP contribution in [-0.4, -0.2) is 15.0 Å². The minimum Gasteiger partial charge on any atom is -0.438 e. The largest absolute Gasteiger partial charge is 0.438 e. The number of thiophene rings is 1. The van der Waals surface area contributed by atoms with Crippen LogP contribution in [0.15, 0.2) is 29.9 Å². The number of thiazole rings is 1. The van der Waals surface area contributed by atoms with Crippen LogP contribution >= 0.6 is 34.3 Å². The molecule has 7 heteroatoms. The summed E-state index contributed by atoms with van der Waals surface area (Å²) in [6.45, 7) is 2.01. The Morgan fingerprint density at radius 3 is 3.00 bits per heavy atom. The molecule has 21 heavy (non-hydrogen) atoms. The summed E-state index contributed by atoms with van der Waals surface area (Å²) in [5, 5.41) is 4.48. The van der Waals surface area contributed by atoms with E-state index in [0.717, 1.165) is 31.1 Å². The van der Waals surface area contributed by atoms with Crippen LogP contribution in [0.1, 0.15) is 5.01 Å². The average molecular weight is 334 g/mol. The fourth-order valence-corrected chi connectivity index (χ4v) is 4.13. The van der Waals surface area contributed by atoms with Crippen molar-refractivity contribution in [2.75, 3.05) is 0 Å². The van der Waals surface area contributed by atoms with E-state index < -0.39 is 0 Å². The van der Waals surface area contributed by atoms with Crippen molar-refractivity contribution < 1.29 is 4.74 Å². The van der Waals surface area contributed by atoms with Gasteiger partial charge in [0.05, 0.1) is 19.9 Å². The Hall–Kier alpha value is -1.76. The number of aromatic nitrogens is 3. The topological polar surface area (TPSA) is 47.9 Å². The maximum atomic E-state index is 5.90. The predicted octanol–water partition coefficient (Wildman–Crippen LogP) is 5.06. The first-order valence-corrected chi connectivity index (χ1v) is 8.21. The van der Waals surface area contributed by atoms with Crippen molar-refractivity contribution in [2.24, 2.45) is 0 Å². The standard InChI is InChI=1S/C14H8ClN3OS2/c1-7-18-13-10(21-7)4-9(8-2-3-20-14(8)13)19-12-5-11(15)16-6-17-12/h2-6H,1H3. The molecular weight excluding hydrogens is 326 g/mol. The van der Waals surface area contributed by atoms with Crippen LogP contribution in [0.25, 0.3) is 20.3 Å². The van der Waals surface area contributed by atoms with Crippen molar-refractivity contribution in [1.82, 2.24) is 15.0 Å². The molecule has 0 spiro atoms. The Kier molecular flexibility index (Phi) is 3.02. The normalized spacial score (nSPS) is 11.3. The minimum atomic E-state index is 0.358. The number of benzene rings is 1. The second-order valence-corrected chi connectivity index (χ2v) is 6.94. The minimum absolute atomic E-state index is 0.358. The fourth-order valence-electron chi connectivity index (χ4n) is 2.16. The third kappa shape index (κ3) is 2.25. The third-order valence-electron chi connectivity index (χ3n) is 2.99. The lowest BCUT2D eigenvalue weighted by Crippen LogP contribution is -1.89. The second-order valence-electron chi connectivity index (χ2n) is 4.40. The zero-order chi connectivity index (χ0) is 14.4. The average Bonchev–Trinajstić information content (AvgIpc) is 3.04. The van der Waals surface area contributed by atoms with E-state index in [0.29, 0.717) is 11.0 Å². The van der Waals surface area contributed by atoms with Gasteiger partial charge in [0.15, 0.2) is 0 Å². The molecule has 0 fully saturated rings. The summed E-state index contributed by atoms with van der Waals surface area (Å²) >= 11 is 9.19. The summed E-state index contributed by atoms with van der Waals surface area (Å²) in [5.74, 6) is 1.19. The summed E-state index contributed by atoms with van der Waals surface area (Å²) in [7, 11) is 0. The van der Waals surface area contributed by atoms with Gasteiger partial charge in [-0.05, 0) is 18.4 Å². The van der Waals surface area contributed by atoms with Gasteiger partial charge >= 0.3 is 0 Å². The van der Waals surface area contributed by atoms with Gasteiger partial charge in [0.1, 0.15) is 17.2 Å². The van der Waals surface area contributed by atoms with E-state index in [1.54, 1.807) is 28.7 Å². The van der Waals surface area contributed by atoms with Gasteiger partial charge in [0, 0.05) is 17.5 Å². The van der Waals surface area contributed by atoms with Crippen LogP contribution in [0.2, 0.25) is 5.15 Å². The highest BCUT2D eigenvalue weighted by molar-refractivity contribution is 7.21. The van der Waals surface area contributed by atoms with E-state index in [1.807, 2.05) is 24.4 Å². The molecule has 0 aliphatic heterocycles. The van der Waals surface area contributed by atoms with Crippen LogP contribution in [0.5, 0.6) is 11.6 Å². The molecule has 0 atom stereocenters. The number of aryl methyl sites for hydroxylation is 1. The maximum absolute atomic E-state index is 5.90. The molecule has 0 saturated heterocycles. The Balaban J connectivity index is 1.92. The molecule has 4 aromatic rings. The lowest BCUT2D eigenvalue weighted by atomic mass is 10.2. The van der Waals surface area contributed by atoms with Crippen molar-refractivity contribution in [2.45, 2.75) is 6.92 Å². The van der Waals surface area contributed by atoms with E-state index >= 15 is 0 Å². The summed E-state index contributed by atoms with van der Waals surface area (Å²) in [6.07, 6.45) is 1.39. The Bertz CT molecular complexity index is 963. The van der Waals surface area contributed by atoms with Crippen molar-refractivity contribution in [3.63, 3.8) is 0 Å². The van der Waals surface area contributed by atoms with E-state index in [-0.39, 0.29) is 0 Å². The summed E-state index contributed by atoms with van der Waals surface area (Å²) in [4.78, 5) is 12.5. The molecule has 0 aliphatic rings. The second kappa shape index (κ2) is 4.91. The van der Waals surface area contributed by atoms with Crippen LogP contribution in [0.3, 0.4) is 0 Å². The number of hydrogen-bond acceptors (Lipinski definition) is 6. The van der Waals surface area contributed by atoms with Crippen molar-refractivity contribution in [1.29, 1.82) is 0 Å². The molecule has 4 nitrogen and oxygen atoms in total.